The summed E-state index contributed by atoms with van der Waals surface area (Å²) in [5, 5.41) is 14.0. The summed E-state index contributed by atoms with van der Waals surface area (Å²) in [5.74, 6) is -0.988. The number of amides is 1. The van der Waals surface area contributed by atoms with Crippen LogP contribution in [0, 0.1) is 18.3 Å². The number of alkyl halides is 3. The first kappa shape index (κ1) is 22.8. The predicted octanol–water partition coefficient (Wildman–Crippen LogP) is 5.40. The molecule has 0 bridgehead atoms. The van der Waals surface area contributed by atoms with Crippen molar-refractivity contribution in [2.75, 3.05) is 6.54 Å². The zero-order chi connectivity index (χ0) is 23.8. The Balaban J connectivity index is 1.79. The summed E-state index contributed by atoms with van der Waals surface area (Å²) in [7, 11) is 0. The number of fused-ring (bicyclic) bond motifs is 1. The van der Waals surface area contributed by atoms with Gasteiger partial charge in [0.2, 0.25) is 5.91 Å². The standard InChI is InChI=1S/C24H21F3N4OS/c1-3-31-13-20(15(2)29-31)17-6-4-5-7-18(17)21-12-30(23(32)8-9-24(25,26)27)14-22-19(21)10-16(11-28)33-22/h4-10,13,21H,3,12,14H2,1-2H3/b9-8+/t21-/m0/s1. The van der Waals surface area contributed by atoms with Gasteiger partial charge >= 0.3 is 6.18 Å². The maximum Gasteiger partial charge on any atom is 0.409 e. The second-order valence-electron chi connectivity index (χ2n) is 7.82. The fourth-order valence-corrected chi connectivity index (χ4v) is 5.20. The normalized spacial score (nSPS) is 16.1. The van der Waals surface area contributed by atoms with E-state index in [0.29, 0.717) is 11.0 Å². The summed E-state index contributed by atoms with van der Waals surface area (Å²) >= 11 is 1.27. The van der Waals surface area contributed by atoms with Crippen LogP contribution in [0.25, 0.3) is 11.1 Å². The van der Waals surface area contributed by atoms with E-state index in [2.05, 4.69) is 11.2 Å². The summed E-state index contributed by atoms with van der Waals surface area (Å²) in [6.07, 6.45) is -2.05. The molecule has 33 heavy (non-hydrogen) atoms. The average Bonchev–Trinajstić information content (AvgIpc) is 3.39. The fraction of sp³-hybridized carbons (Fsp3) is 0.292. The van der Waals surface area contributed by atoms with Crippen LogP contribution in [0.15, 0.2) is 48.7 Å². The molecule has 1 aliphatic heterocycles. The molecule has 1 atom stereocenters. The summed E-state index contributed by atoms with van der Waals surface area (Å²) in [5.41, 5.74) is 4.66. The smallest absolute Gasteiger partial charge is 0.333 e. The molecule has 2 aromatic heterocycles. The molecule has 4 rings (SSSR count). The number of carbonyl (C=O) groups excluding carboxylic acids is 1. The predicted molar refractivity (Wildman–Crippen MR) is 120 cm³/mol. The Morgan fingerprint density at radius 3 is 2.73 bits per heavy atom. The van der Waals surface area contributed by atoms with E-state index in [-0.39, 0.29) is 25.1 Å². The molecule has 170 valence electrons. The van der Waals surface area contributed by atoms with Gasteiger partial charge in [-0.15, -0.1) is 11.3 Å². The Bertz CT molecular complexity index is 1270. The van der Waals surface area contributed by atoms with E-state index in [0.717, 1.165) is 39.4 Å². The van der Waals surface area contributed by atoms with Crippen molar-refractivity contribution >= 4 is 17.2 Å². The molecule has 0 spiro atoms. The van der Waals surface area contributed by atoms with Crippen molar-refractivity contribution in [1.29, 1.82) is 5.26 Å². The number of aryl methyl sites for hydroxylation is 2. The summed E-state index contributed by atoms with van der Waals surface area (Å²) < 4.78 is 39.7. The number of nitriles is 1. The minimum absolute atomic E-state index is 0.0363. The maximum absolute atomic E-state index is 12.6. The Labute approximate surface area is 193 Å². The zero-order valence-corrected chi connectivity index (χ0v) is 18.9. The quantitative estimate of drug-likeness (QED) is 0.480. The van der Waals surface area contributed by atoms with Gasteiger partial charge < -0.3 is 4.90 Å². The topological polar surface area (TPSA) is 61.9 Å². The van der Waals surface area contributed by atoms with E-state index in [1.54, 1.807) is 0 Å². The number of benzene rings is 1. The van der Waals surface area contributed by atoms with Gasteiger partial charge in [-0.1, -0.05) is 24.3 Å². The SMILES string of the molecule is CCn1cc(-c2ccccc2[C@@H]2CN(C(=O)/C=C/C(F)(F)F)Cc3sc(C#N)cc32)c(C)n1. The molecule has 9 heteroatoms. The number of carbonyl (C=O) groups is 1. The molecule has 0 saturated heterocycles. The molecule has 3 aromatic rings. The van der Waals surface area contributed by atoms with Gasteiger partial charge in [0.25, 0.3) is 0 Å². The van der Waals surface area contributed by atoms with E-state index in [4.69, 9.17) is 0 Å². The van der Waals surface area contributed by atoms with Gasteiger partial charge in [0.05, 0.1) is 12.2 Å². The average molecular weight is 471 g/mol. The number of halogens is 3. The van der Waals surface area contributed by atoms with E-state index in [1.807, 2.05) is 55.1 Å². The number of hydrogen-bond donors (Lipinski definition) is 0. The van der Waals surface area contributed by atoms with Crippen molar-refractivity contribution in [3.8, 4) is 17.2 Å². The Morgan fingerprint density at radius 1 is 1.30 bits per heavy atom. The van der Waals surface area contributed by atoms with E-state index in [1.165, 1.54) is 16.2 Å². The number of thiophene rings is 1. The van der Waals surface area contributed by atoms with Gasteiger partial charge in [0.1, 0.15) is 10.9 Å². The third-order valence-corrected chi connectivity index (χ3v) is 6.73. The Kier molecular flexibility index (Phi) is 6.13. The summed E-state index contributed by atoms with van der Waals surface area (Å²) in [4.78, 5) is 15.4. The number of nitrogens with zero attached hydrogens (tertiary/aromatic N) is 4. The molecule has 0 fully saturated rings. The van der Waals surface area contributed by atoms with Crippen molar-refractivity contribution in [2.45, 2.75) is 39.0 Å². The number of hydrogen-bond acceptors (Lipinski definition) is 4. The molecular weight excluding hydrogens is 449 g/mol. The van der Waals surface area contributed by atoms with Crippen LogP contribution in [0.1, 0.15) is 39.4 Å². The minimum atomic E-state index is -4.56. The van der Waals surface area contributed by atoms with Crippen LogP contribution >= 0.6 is 11.3 Å². The minimum Gasteiger partial charge on any atom is -0.333 e. The lowest BCUT2D eigenvalue weighted by atomic mass is 9.84. The maximum atomic E-state index is 12.6. The lowest BCUT2D eigenvalue weighted by molar-refractivity contribution is -0.127. The van der Waals surface area contributed by atoms with Crippen molar-refractivity contribution in [3.05, 3.63) is 75.3 Å². The zero-order valence-electron chi connectivity index (χ0n) is 18.1. The van der Waals surface area contributed by atoms with Crippen LogP contribution in [-0.4, -0.2) is 33.3 Å². The van der Waals surface area contributed by atoms with Gasteiger partial charge in [-0.2, -0.15) is 23.5 Å². The van der Waals surface area contributed by atoms with E-state index >= 15 is 0 Å². The summed E-state index contributed by atoms with van der Waals surface area (Å²) in [6, 6.07) is 11.8. The first-order valence-corrected chi connectivity index (χ1v) is 11.2. The molecule has 1 amide bonds. The molecule has 1 aliphatic rings. The molecular formula is C24H21F3N4OS. The number of aromatic nitrogens is 2. The van der Waals surface area contributed by atoms with Crippen LogP contribution in [0.3, 0.4) is 0 Å². The van der Waals surface area contributed by atoms with Gasteiger partial charge in [0.15, 0.2) is 0 Å². The number of rotatable bonds is 4. The highest BCUT2D eigenvalue weighted by molar-refractivity contribution is 7.12. The van der Waals surface area contributed by atoms with Crippen LogP contribution in [0.2, 0.25) is 0 Å². The highest BCUT2D eigenvalue weighted by Gasteiger charge is 2.33. The molecule has 0 unspecified atom stereocenters. The van der Waals surface area contributed by atoms with Crippen LogP contribution < -0.4 is 0 Å². The first-order chi connectivity index (χ1) is 15.7. The molecule has 0 radical (unpaired) electrons. The van der Waals surface area contributed by atoms with Crippen molar-refractivity contribution in [3.63, 3.8) is 0 Å². The third kappa shape index (κ3) is 4.71. The van der Waals surface area contributed by atoms with Crippen LogP contribution in [0.5, 0.6) is 0 Å². The van der Waals surface area contributed by atoms with Crippen molar-refractivity contribution in [2.24, 2.45) is 0 Å². The highest BCUT2D eigenvalue weighted by Crippen LogP contribution is 2.42. The fourth-order valence-electron chi connectivity index (χ4n) is 4.17. The Morgan fingerprint density at radius 2 is 2.06 bits per heavy atom. The van der Waals surface area contributed by atoms with Crippen molar-refractivity contribution in [1.82, 2.24) is 14.7 Å². The molecule has 3 heterocycles. The van der Waals surface area contributed by atoms with Gasteiger partial charge in [-0.25, -0.2) is 0 Å². The van der Waals surface area contributed by atoms with Crippen LogP contribution in [-0.2, 0) is 17.9 Å². The number of allylic oxidation sites excluding steroid dienone is 1. The lowest BCUT2D eigenvalue weighted by Gasteiger charge is -2.33. The molecule has 0 saturated carbocycles. The van der Waals surface area contributed by atoms with E-state index < -0.39 is 12.1 Å². The second-order valence-corrected chi connectivity index (χ2v) is 8.96. The molecule has 0 aliphatic carbocycles. The van der Waals surface area contributed by atoms with Crippen molar-refractivity contribution < 1.29 is 18.0 Å². The highest BCUT2D eigenvalue weighted by atomic mass is 32.1. The molecule has 0 N–H and O–H groups in total. The molecule has 5 nitrogen and oxygen atoms in total. The van der Waals surface area contributed by atoms with Gasteiger partial charge in [0, 0.05) is 47.8 Å². The first-order valence-electron chi connectivity index (χ1n) is 10.4. The largest absolute Gasteiger partial charge is 0.409 e. The Hall–Kier alpha value is -3.38. The molecule has 1 aromatic carbocycles. The second kappa shape index (κ2) is 8.87. The summed E-state index contributed by atoms with van der Waals surface area (Å²) in [6.45, 7) is 5.05. The van der Waals surface area contributed by atoms with Gasteiger partial charge in [-0.3, -0.25) is 9.48 Å². The monoisotopic (exact) mass is 470 g/mol. The lowest BCUT2D eigenvalue weighted by Crippen LogP contribution is -2.37. The van der Waals surface area contributed by atoms with Crippen LogP contribution in [0.4, 0.5) is 13.2 Å². The van der Waals surface area contributed by atoms with E-state index in [9.17, 15) is 23.2 Å². The van der Waals surface area contributed by atoms with Gasteiger partial charge in [-0.05, 0) is 36.6 Å². The third-order valence-electron chi connectivity index (χ3n) is 5.69.